The third kappa shape index (κ3) is 6.11. The molecule has 1 amide bonds. The summed E-state index contributed by atoms with van der Waals surface area (Å²) in [5, 5.41) is 0.497. The molecule has 168 valence electrons. The molecule has 3 rings (SSSR count). The summed E-state index contributed by atoms with van der Waals surface area (Å²) in [6, 6.07) is 25.0. The third-order valence-electron chi connectivity index (χ3n) is 5.14. The first-order chi connectivity index (χ1) is 15.3. The zero-order valence-electron chi connectivity index (χ0n) is 18.2. The van der Waals surface area contributed by atoms with E-state index in [1.165, 1.54) is 4.31 Å². The zero-order valence-corrected chi connectivity index (χ0v) is 19.8. The van der Waals surface area contributed by atoms with E-state index < -0.39 is 16.1 Å². The number of carbonyl (C=O) groups excluding carboxylic acids is 1. The molecule has 0 heterocycles. The maximum Gasteiger partial charge on any atom is 0.247 e. The van der Waals surface area contributed by atoms with Crippen LogP contribution < -0.4 is 4.31 Å². The molecule has 0 fully saturated rings. The topological polar surface area (TPSA) is 57.7 Å². The molecule has 0 N–H and O–H groups in total. The minimum absolute atomic E-state index is 0.249. The SMILES string of the molecule is CCC(C(=O)N(Cc1ccccc1)Cc1ccccc1)N(c1ccc(Cl)cc1)S(C)(=O)=O. The molecule has 0 aliphatic rings. The van der Waals surface area contributed by atoms with E-state index in [1.807, 2.05) is 67.6 Å². The van der Waals surface area contributed by atoms with E-state index in [9.17, 15) is 13.2 Å². The van der Waals surface area contributed by atoms with Crippen molar-refractivity contribution in [2.24, 2.45) is 0 Å². The first-order valence-corrected chi connectivity index (χ1v) is 12.6. The lowest BCUT2D eigenvalue weighted by molar-refractivity contribution is -0.133. The second kappa shape index (κ2) is 10.7. The Hall–Kier alpha value is -2.83. The average Bonchev–Trinajstić information content (AvgIpc) is 2.78. The van der Waals surface area contributed by atoms with E-state index in [0.29, 0.717) is 30.2 Å². The lowest BCUT2D eigenvalue weighted by Crippen LogP contribution is -2.50. The predicted octanol–water partition coefficient (Wildman–Crippen LogP) is 5.11. The minimum Gasteiger partial charge on any atom is -0.332 e. The van der Waals surface area contributed by atoms with E-state index in [1.54, 1.807) is 29.2 Å². The lowest BCUT2D eigenvalue weighted by Gasteiger charge is -2.34. The van der Waals surface area contributed by atoms with Crippen LogP contribution in [0.25, 0.3) is 0 Å². The van der Waals surface area contributed by atoms with Crippen molar-refractivity contribution in [3.05, 3.63) is 101 Å². The molecule has 0 aromatic heterocycles. The normalized spacial score (nSPS) is 12.2. The highest BCUT2D eigenvalue weighted by Crippen LogP contribution is 2.26. The van der Waals surface area contributed by atoms with Crippen LogP contribution in [0.4, 0.5) is 5.69 Å². The van der Waals surface area contributed by atoms with E-state index in [-0.39, 0.29) is 5.91 Å². The molecule has 0 saturated heterocycles. The highest BCUT2D eigenvalue weighted by Gasteiger charge is 2.34. The molecule has 3 aromatic rings. The molecule has 0 spiro atoms. The van der Waals surface area contributed by atoms with Crippen LogP contribution in [0.1, 0.15) is 24.5 Å². The van der Waals surface area contributed by atoms with Crippen LogP contribution in [-0.2, 0) is 27.9 Å². The molecule has 32 heavy (non-hydrogen) atoms. The summed E-state index contributed by atoms with van der Waals surface area (Å²) < 4.78 is 26.8. The summed E-state index contributed by atoms with van der Waals surface area (Å²) in [5.74, 6) is -0.249. The third-order valence-corrected chi connectivity index (χ3v) is 6.57. The van der Waals surface area contributed by atoms with E-state index >= 15 is 0 Å². The highest BCUT2D eigenvalue weighted by molar-refractivity contribution is 7.92. The Morgan fingerprint density at radius 1 is 0.844 bits per heavy atom. The van der Waals surface area contributed by atoms with Gasteiger partial charge in [-0.25, -0.2) is 8.42 Å². The molecule has 0 aliphatic carbocycles. The Morgan fingerprint density at radius 2 is 1.31 bits per heavy atom. The van der Waals surface area contributed by atoms with Gasteiger partial charge in [0.1, 0.15) is 6.04 Å². The number of benzene rings is 3. The standard InChI is InChI=1S/C25H27ClN2O3S/c1-3-24(28(32(2,30)31)23-16-14-22(26)15-17-23)25(29)27(18-20-10-6-4-7-11-20)19-21-12-8-5-9-13-21/h4-17,24H,3,18-19H2,1-2H3. The van der Waals surface area contributed by atoms with Crippen molar-refractivity contribution >= 4 is 33.2 Å². The summed E-state index contributed by atoms with van der Waals surface area (Å²) in [7, 11) is -3.72. The van der Waals surface area contributed by atoms with Gasteiger partial charge in [-0.05, 0) is 41.8 Å². The summed E-state index contributed by atoms with van der Waals surface area (Å²) in [4.78, 5) is 15.5. The van der Waals surface area contributed by atoms with Gasteiger partial charge in [0.2, 0.25) is 15.9 Å². The van der Waals surface area contributed by atoms with E-state index in [2.05, 4.69) is 0 Å². The average molecular weight is 471 g/mol. The van der Waals surface area contributed by atoms with Gasteiger partial charge in [0.15, 0.2) is 0 Å². The molecule has 3 aromatic carbocycles. The van der Waals surface area contributed by atoms with Crippen LogP contribution in [0.5, 0.6) is 0 Å². The van der Waals surface area contributed by atoms with Crippen LogP contribution in [0.15, 0.2) is 84.9 Å². The summed E-state index contributed by atoms with van der Waals surface area (Å²) in [6.07, 6.45) is 1.45. The monoisotopic (exact) mass is 470 g/mol. The second-order valence-electron chi connectivity index (χ2n) is 7.62. The van der Waals surface area contributed by atoms with Gasteiger partial charge < -0.3 is 4.90 Å². The molecule has 0 radical (unpaired) electrons. The van der Waals surface area contributed by atoms with Crippen LogP contribution in [0, 0.1) is 0 Å². The Balaban J connectivity index is 1.99. The maximum absolute atomic E-state index is 13.8. The van der Waals surface area contributed by atoms with Crippen LogP contribution in [0.3, 0.4) is 0 Å². The molecule has 1 unspecified atom stereocenters. The molecular formula is C25H27ClN2O3S. The Labute approximate surface area is 195 Å². The fourth-order valence-corrected chi connectivity index (χ4v) is 4.99. The number of halogens is 1. The largest absolute Gasteiger partial charge is 0.332 e. The molecule has 0 saturated carbocycles. The zero-order chi connectivity index (χ0) is 23.1. The van der Waals surface area contributed by atoms with E-state index in [4.69, 9.17) is 11.6 Å². The van der Waals surface area contributed by atoms with Gasteiger partial charge >= 0.3 is 0 Å². The number of rotatable bonds is 9. The number of hydrogen-bond acceptors (Lipinski definition) is 3. The van der Waals surface area contributed by atoms with Gasteiger partial charge in [-0.3, -0.25) is 9.10 Å². The van der Waals surface area contributed by atoms with E-state index in [0.717, 1.165) is 17.4 Å². The number of anilines is 1. The smallest absolute Gasteiger partial charge is 0.247 e. The molecule has 0 aliphatic heterocycles. The van der Waals surface area contributed by atoms with Crippen molar-refractivity contribution in [2.45, 2.75) is 32.5 Å². The molecule has 5 nitrogen and oxygen atoms in total. The minimum atomic E-state index is -3.72. The van der Waals surface area contributed by atoms with Gasteiger partial charge in [-0.15, -0.1) is 0 Å². The van der Waals surface area contributed by atoms with Crippen molar-refractivity contribution < 1.29 is 13.2 Å². The molecule has 7 heteroatoms. The summed E-state index contributed by atoms with van der Waals surface area (Å²) in [6.45, 7) is 2.58. The first kappa shape index (κ1) is 23.8. The quantitative estimate of drug-likeness (QED) is 0.436. The number of sulfonamides is 1. The second-order valence-corrected chi connectivity index (χ2v) is 9.92. The number of carbonyl (C=O) groups is 1. The van der Waals surface area contributed by atoms with Gasteiger partial charge in [0, 0.05) is 18.1 Å². The van der Waals surface area contributed by atoms with Crippen molar-refractivity contribution in [3.8, 4) is 0 Å². The molecule has 1 atom stereocenters. The molecular weight excluding hydrogens is 444 g/mol. The van der Waals surface area contributed by atoms with Crippen molar-refractivity contribution in [3.63, 3.8) is 0 Å². The van der Waals surface area contributed by atoms with Crippen LogP contribution in [-0.4, -0.2) is 31.5 Å². The predicted molar refractivity (Wildman–Crippen MR) is 130 cm³/mol. The number of hydrogen-bond donors (Lipinski definition) is 0. The Kier molecular flexibility index (Phi) is 7.94. The van der Waals surface area contributed by atoms with Crippen molar-refractivity contribution in [1.29, 1.82) is 0 Å². The Bertz CT molecular complexity index is 1080. The summed E-state index contributed by atoms with van der Waals surface area (Å²) in [5.41, 5.74) is 2.37. The van der Waals surface area contributed by atoms with Crippen LogP contribution >= 0.6 is 11.6 Å². The fourth-order valence-electron chi connectivity index (χ4n) is 3.66. The highest BCUT2D eigenvalue weighted by atomic mass is 35.5. The first-order valence-electron chi connectivity index (χ1n) is 10.4. The molecule has 0 bridgehead atoms. The van der Waals surface area contributed by atoms with Gasteiger partial charge in [-0.2, -0.15) is 0 Å². The summed E-state index contributed by atoms with van der Waals surface area (Å²) >= 11 is 5.99. The van der Waals surface area contributed by atoms with Crippen LogP contribution in [0.2, 0.25) is 5.02 Å². The number of amides is 1. The van der Waals surface area contributed by atoms with Gasteiger partial charge in [0.25, 0.3) is 0 Å². The maximum atomic E-state index is 13.8. The van der Waals surface area contributed by atoms with Gasteiger partial charge in [0.05, 0.1) is 11.9 Å². The fraction of sp³-hybridized carbons (Fsp3) is 0.240. The van der Waals surface area contributed by atoms with Gasteiger partial charge in [-0.1, -0.05) is 79.2 Å². The lowest BCUT2D eigenvalue weighted by atomic mass is 10.1. The Morgan fingerprint density at radius 3 is 1.72 bits per heavy atom. The van der Waals surface area contributed by atoms with Crippen molar-refractivity contribution in [1.82, 2.24) is 4.90 Å². The number of nitrogens with zero attached hydrogens (tertiary/aromatic N) is 2. The van der Waals surface area contributed by atoms with Crippen molar-refractivity contribution in [2.75, 3.05) is 10.6 Å².